The molecule has 0 aliphatic rings. The number of aryl methyl sites for hydroxylation is 1. The van der Waals surface area contributed by atoms with Crippen LogP contribution in [0.15, 0.2) is 29.3 Å². The zero-order chi connectivity index (χ0) is 17.7. The summed E-state index contributed by atoms with van der Waals surface area (Å²) in [5.74, 6) is -0.0269. The molecule has 1 aromatic carbocycles. The van der Waals surface area contributed by atoms with Crippen LogP contribution in [0.3, 0.4) is 0 Å². The third kappa shape index (κ3) is 4.49. The van der Waals surface area contributed by atoms with Crippen LogP contribution in [0.1, 0.15) is 27.2 Å². The monoisotopic (exact) mass is 380 g/mol. The molecule has 0 saturated heterocycles. The number of carbonyl (C=O) groups excluding carboxylic acids is 1. The van der Waals surface area contributed by atoms with E-state index in [2.05, 4.69) is 11.1 Å². The Balaban J connectivity index is 2.22. The topological polar surface area (TPSA) is 63.0 Å². The third-order valence-corrected chi connectivity index (χ3v) is 4.70. The van der Waals surface area contributed by atoms with Gasteiger partial charge in [0, 0.05) is 23.4 Å². The first-order valence-electron chi connectivity index (χ1n) is 6.97. The molecule has 24 heavy (non-hydrogen) atoms. The van der Waals surface area contributed by atoms with E-state index in [1.807, 2.05) is 13.0 Å². The van der Waals surface area contributed by atoms with Crippen LogP contribution in [0.5, 0.6) is 0 Å². The minimum Gasteiger partial charge on any atom is -0.380 e. The summed E-state index contributed by atoms with van der Waals surface area (Å²) in [6.07, 6.45) is 0. The summed E-state index contributed by atoms with van der Waals surface area (Å²) in [4.78, 5) is 16.7. The van der Waals surface area contributed by atoms with Gasteiger partial charge >= 0.3 is 0 Å². The lowest BCUT2D eigenvalue weighted by atomic mass is 10.1. The standard InChI is InChI=1S/C17H14Cl2N2O2S/c1-10-5-11(8-23-2)14(7-20)17(21-10)24-9-16(22)13-4-3-12(18)6-15(13)19/h3-6H,8-9H2,1-2H3. The highest BCUT2D eigenvalue weighted by Gasteiger charge is 2.16. The number of nitriles is 1. The van der Waals surface area contributed by atoms with Gasteiger partial charge in [-0.1, -0.05) is 35.0 Å². The van der Waals surface area contributed by atoms with Gasteiger partial charge in [-0.05, 0) is 36.8 Å². The minimum atomic E-state index is -0.151. The van der Waals surface area contributed by atoms with Gasteiger partial charge in [0.15, 0.2) is 5.78 Å². The van der Waals surface area contributed by atoms with E-state index in [0.717, 1.165) is 11.3 Å². The van der Waals surface area contributed by atoms with Crippen molar-refractivity contribution in [3.8, 4) is 6.07 Å². The number of hydrogen-bond donors (Lipinski definition) is 0. The Labute approximate surface area is 154 Å². The second-order valence-corrected chi connectivity index (χ2v) is 6.79. The second-order valence-electron chi connectivity index (χ2n) is 4.98. The van der Waals surface area contributed by atoms with Gasteiger partial charge in [0.25, 0.3) is 0 Å². The number of ether oxygens (including phenoxy) is 1. The molecule has 0 aliphatic heterocycles. The summed E-state index contributed by atoms with van der Waals surface area (Å²) in [5.41, 5.74) is 2.35. The van der Waals surface area contributed by atoms with Crippen LogP contribution in [0.2, 0.25) is 10.0 Å². The number of nitrogens with zero attached hydrogens (tertiary/aromatic N) is 2. The van der Waals surface area contributed by atoms with Crippen molar-refractivity contribution < 1.29 is 9.53 Å². The lowest BCUT2D eigenvalue weighted by Gasteiger charge is -2.10. The van der Waals surface area contributed by atoms with Crippen molar-refractivity contribution in [2.45, 2.75) is 18.6 Å². The Morgan fingerprint density at radius 2 is 2.12 bits per heavy atom. The Kier molecular flexibility index (Phi) is 6.64. The first-order chi connectivity index (χ1) is 11.5. The number of halogens is 2. The molecule has 2 rings (SSSR count). The fourth-order valence-corrected chi connectivity index (χ4v) is 3.60. The number of thioether (sulfide) groups is 1. The maximum atomic E-state index is 12.4. The average molecular weight is 381 g/mol. The fraction of sp³-hybridized carbons (Fsp3) is 0.235. The number of benzene rings is 1. The minimum absolute atomic E-state index is 0.124. The zero-order valence-corrected chi connectivity index (χ0v) is 15.4. The normalized spacial score (nSPS) is 10.5. The molecule has 0 radical (unpaired) electrons. The van der Waals surface area contributed by atoms with Gasteiger partial charge in [-0.3, -0.25) is 4.79 Å². The summed E-state index contributed by atoms with van der Waals surface area (Å²) in [6.45, 7) is 2.15. The summed E-state index contributed by atoms with van der Waals surface area (Å²) in [5, 5.41) is 10.7. The first-order valence-corrected chi connectivity index (χ1v) is 8.71. The number of rotatable bonds is 6. The lowest BCUT2D eigenvalue weighted by molar-refractivity contribution is 0.102. The first kappa shape index (κ1) is 18.8. The third-order valence-electron chi connectivity index (χ3n) is 3.18. The SMILES string of the molecule is COCc1cc(C)nc(SCC(=O)c2ccc(Cl)cc2Cl)c1C#N. The van der Waals surface area contributed by atoms with Gasteiger partial charge in [-0.25, -0.2) is 4.98 Å². The second kappa shape index (κ2) is 8.50. The number of ketones is 1. The molecule has 0 fully saturated rings. The lowest BCUT2D eigenvalue weighted by Crippen LogP contribution is -2.05. The summed E-state index contributed by atoms with van der Waals surface area (Å²) >= 11 is 13.1. The Morgan fingerprint density at radius 1 is 1.38 bits per heavy atom. The van der Waals surface area contributed by atoms with Crippen LogP contribution < -0.4 is 0 Å². The van der Waals surface area contributed by atoms with Crippen molar-refractivity contribution in [1.29, 1.82) is 5.26 Å². The molecular weight excluding hydrogens is 367 g/mol. The molecule has 0 amide bonds. The van der Waals surface area contributed by atoms with Crippen molar-refractivity contribution in [2.24, 2.45) is 0 Å². The van der Waals surface area contributed by atoms with E-state index in [1.165, 1.54) is 17.8 Å². The average Bonchev–Trinajstić information content (AvgIpc) is 2.52. The maximum Gasteiger partial charge on any atom is 0.174 e. The number of carbonyl (C=O) groups is 1. The van der Waals surface area contributed by atoms with E-state index in [4.69, 9.17) is 27.9 Å². The molecule has 1 heterocycles. The zero-order valence-electron chi connectivity index (χ0n) is 13.1. The fourth-order valence-electron chi connectivity index (χ4n) is 2.13. The molecule has 0 N–H and O–H groups in total. The molecule has 1 aromatic heterocycles. The van der Waals surface area contributed by atoms with E-state index in [0.29, 0.717) is 32.8 Å². The van der Waals surface area contributed by atoms with E-state index >= 15 is 0 Å². The maximum absolute atomic E-state index is 12.4. The number of methoxy groups -OCH3 is 1. The van der Waals surface area contributed by atoms with Crippen molar-refractivity contribution in [2.75, 3.05) is 12.9 Å². The van der Waals surface area contributed by atoms with Gasteiger partial charge in [0.2, 0.25) is 0 Å². The van der Waals surface area contributed by atoms with Crippen molar-refractivity contribution >= 4 is 40.7 Å². The molecule has 0 bridgehead atoms. The number of pyridine rings is 1. The smallest absolute Gasteiger partial charge is 0.174 e. The van der Waals surface area contributed by atoms with E-state index in [1.54, 1.807) is 19.2 Å². The molecule has 4 nitrogen and oxygen atoms in total. The summed E-state index contributed by atoms with van der Waals surface area (Å²) < 4.78 is 5.12. The van der Waals surface area contributed by atoms with Gasteiger partial charge in [-0.2, -0.15) is 5.26 Å². The predicted octanol–water partition coefficient (Wildman–Crippen LogP) is 4.69. The summed E-state index contributed by atoms with van der Waals surface area (Å²) in [6, 6.07) is 8.70. The van der Waals surface area contributed by atoms with Crippen molar-refractivity contribution in [3.63, 3.8) is 0 Å². The van der Waals surface area contributed by atoms with Crippen LogP contribution in [-0.4, -0.2) is 23.6 Å². The van der Waals surface area contributed by atoms with Gasteiger partial charge < -0.3 is 4.74 Å². The van der Waals surface area contributed by atoms with Crippen LogP contribution in [-0.2, 0) is 11.3 Å². The highest BCUT2D eigenvalue weighted by atomic mass is 35.5. The molecule has 0 saturated carbocycles. The molecular formula is C17H14Cl2N2O2S. The van der Waals surface area contributed by atoms with Crippen LogP contribution >= 0.6 is 35.0 Å². The van der Waals surface area contributed by atoms with Gasteiger partial charge in [0.05, 0.1) is 22.9 Å². The Morgan fingerprint density at radius 3 is 2.75 bits per heavy atom. The number of aromatic nitrogens is 1. The van der Waals surface area contributed by atoms with Crippen LogP contribution in [0.25, 0.3) is 0 Å². The number of hydrogen-bond acceptors (Lipinski definition) is 5. The molecule has 2 aromatic rings. The Hall–Kier alpha value is -1.58. The van der Waals surface area contributed by atoms with Crippen LogP contribution in [0.4, 0.5) is 0 Å². The number of Topliss-reactive ketones (excluding diaryl/α,β-unsaturated/α-hetero) is 1. The molecule has 7 heteroatoms. The largest absolute Gasteiger partial charge is 0.380 e. The van der Waals surface area contributed by atoms with Crippen molar-refractivity contribution in [1.82, 2.24) is 4.98 Å². The van der Waals surface area contributed by atoms with E-state index < -0.39 is 0 Å². The van der Waals surface area contributed by atoms with Gasteiger partial charge in [-0.15, -0.1) is 0 Å². The van der Waals surface area contributed by atoms with E-state index in [9.17, 15) is 10.1 Å². The highest BCUT2D eigenvalue weighted by Crippen LogP contribution is 2.27. The molecule has 0 atom stereocenters. The quantitative estimate of drug-likeness (QED) is 0.537. The summed E-state index contributed by atoms with van der Waals surface area (Å²) in [7, 11) is 1.57. The van der Waals surface area contributed by atoms with Crippen LogP contribution in [0, 0.1) is 18.3 Å². The highest BCUT2D eigenvalue weighted by molar-refractivity contribution is 8.00. The van der Waals surface area contributed by atoms with E-state index in [-0.39, 0.29) is 11.5 Å². The molecule has 0 spiro atoms. The Bertz CT molecular complexity index is 819. The molecule has 0 unspecified atom stereocenters. The van der Waals surface area contributed by atoms with Crippen molar-refractivity contribution in [3.05, 3.63) is 56.7 Å². The van der Waals surface area contributed by atoms with Gasteiger partial charge in [0.1, 0.15) is 11.1 Å². The molecule has 124 valence electrons. The molecule has 0 aliphatic carbocycles. The predicted molar refractivity (Wildman–Crippen MR) is 95.9 cm³/mol.